The number of aromatic amines is 1. The molecule has 1 saturated heterocycles. The molecule has 0 unspecified atom stereocenters. The van der Waals surface area contributed by atoms with Crippen LogP contribution < -0.4 is 4.87 Å². The smallest absolute Gasteiger partial charge is 0.356 e. The summed E-state index contributed by atoms with van der Waals surface area (Å²) in [5.74, 6) is -0.728. The molecule has 0 saturated carbocycles. The second-order valence-corrected chi connectivity index (χ2v) is 6.17. The first-order valence-corrected chi connectivity index (χ1v) is 8.06. The Kier molecular flexibility index (Phi) is 5.73. The van der Waals surface area contributed by atoms with Gasteiger partial charge in [0.15, 0.2) is 0 Å². The Labute approximate surface area is 132 Å². The Balaban J connectivity index is 1.99. The molecule has 22 heavy (non-hydrogen) atoms. The largest absolute Gasteiger partial charge is 0.469 e. The highest BCUT2D eigenvalue weighted by Crippen LogP contribution is 2.22. The number of likely N-dealkylation sites (tertiary alicyclic amines) is 1. The Morgan fingerprint density at radius 2 is 2.05 bits per heavy atom. The maximum Gasteiger partial charge on any atom is 0.356 e. The van der Waals surface area contributed by atoms with Gasteiger partial charge in [-0.2, -0.15) is 0 Å². The summed E-state index contributed by atoms with van der Waals surface area (Å²) in [5, 5.41) is 0. The molecule has 1 aliphatic heterocycles. The SMILES string of the molecule is CCOC(=O)c1[nH]c(=O)sc1CN1CCC(C(=O)OC)CC1. The van der Waals surface area contributed by atoms with Crippen LogP contribution in [-0.2, 0) is 20.8 Å². The van der Waals surface area contributed by atoms with Gasteiger partial charge in [0, 0.05) is 6.54 Å². The van der Waals surface area contributed by atoms with Gasteiger partial charge < -0.3 is 14.5 Å². The standard InChI is InChI=1S/C14H20N2O5S/c1-3-21-13(18)11-10(22-14(19)15-11)8-16-6-4-9(5-7-16)12(17)20-2/h9H,3-8H2,1-2H3,(H,15,19). The molecule has 2 rings (SSSR count). The van der Waals surface area contributed by atoms with Crippen molar-refractivity contribution in [3.63, 3.8) is 0 Å². The number of nitrogens with zero attached hydrogens (tertiary/aromatic N) is 1. The lowest BCUT2D eigenvalue weighted by Crippen LogP contribution is -2.36. The third-order valence-electron chi connectivity index (χ3n) is 3.69. The molecule has 0 aliphatic carbocycles. The highest BCUT2D eigenvalue weighted by atomic mass is 32.1. The zero-order valence-corrected chi connectivity index (χ0v) is 13.5. The van der Waals surface area contributed by atoms with Crippen LogP contribution >= 0.6 is 11.3 Å². The van der Waals surface area contributed by atoms with Crippen LogP contribution in [0.5, 0.6) is 0 Å². The summed E-state index contributed by atoms with van der Waals surface area (Å²) in [6.45, 7) is 3.95. The minimum atomic E-state index is -0.500. The molecule has 0 radical (unpaired) electrons. The number of hydrogen-bond acceptors (Lipinski definition) is 7. The van der Waals surface area contributed by atoms with Crippen LogP contribution in [0.3, 0.4) is 0 Å². The summed E-state index contributed by atoms with van der Waals surface area (Å²) in [4.78, 5) is 39.9. The van der Waals surface area contributed by atoms with Gasteiger partial charge in [-0.1, -0.05) is 11.3 Å². The molecule has 7 nitrogen and oxygen atoms in total. The van der Waals surface area contributed by atoms with E-state index in [0.29, 0.717) is 11.4 Å². The van der Waals surface area contributed by atoms with E-state index >= 15 is 0 Å². The average Bonchev–Trinajstić information content (AvgIpc) is 2.88. The van der Waals surface area contributed by atoms with E-state index in [9.17, 15) is 14.4 Å². The van der Waals surface area contributed by atoms with Crippen molar-refractivity contribution >= 4 is 23.3 Å². The molecule has 0 amide bonds. The molecule has 2 heterocycles. The summed E-state index contributed by atoms with van der Waals surface area (Å²) in [6, 6.07) is 0. The lowest BCUT2D eigenvalue weighted by atomic mass is 9.97. The van der Waals surface area contributed by atoms with E-state index in [-0.39, 0.29) is 29.1 Å². The molecule has 0 aromatic carbocycles. The number of piperidine rings is 1. The summed E-state index contributed by atoms with van der Waals surface area (Å²) in [7, 11) is 1.40. The van der Waals surface area contributed by atoms with Crippen LogP contribution in [0, 0.1) is 5.92 Å². The van der Waals surface area contributed by atoms with Gasteiger partial charge in [0.1, 0.15) is 5.69 Å². The fourth-order valence-corrected chi connectivity index (χ4v) is 3.40. The molecule has 122 valence electrons. The van der Waals surface area contributed by atoms with Gasteiger partial charge in [-0.25, -0.2) is 4.79 Å². The van der Waals surface area contributed by atoms with Crippen molar-refractivity contribution < 1.29 is 19.1 Å². The number of carbonyl (C=O) groups is 2. The minimum absolute atomic E-state index is 0.0595. The maximum absolute atomic E-state index is 11.8. The summed E-state index contributed by atoms with van der Waals surface area (Å²) in [5.41, 5.74) is 0.243. The number of H-pyrrole nitrogens is 1. The Bertz CT molecular complexity index is 586. The van der Waals surface area contributed by atoms with Crippen molar-refractivity contribution in [3.8, 4) is 0 Å². The molecule has 1 aromatic heterocycles. The van der Waals surface area contributed by atoms with Crippen molar-refractivity contribution in [3.05, 3.63) is 20.2 Å². The summed E-state index contributed by atoms with van der Waals surface area (Å²) >= 11 is 1.03. The van der Waals surface area contributed by atoms with Gasteiger partial charge in [-0.05, 0) is 32.9 Å². The predicted octanol–water partition coefficient (Wildman–Crippen LogP) is 0.998. The lowest BCUT2D eigenvalue weighted by Gasteiger charge is -2.30. The number of nitrogens with one attached hydrogen (secondary N) is 1. The highest BCUT2D eigenvalue weighted by molar-refractivity contribution is 7.09. The number of methoxy groups -OCH3 is 1. The van der Waals surface area contributed by atoms with Crippen LogP contribution in [-0.4, -0.2) is 48.6 Å². The lowest BCUT2D eigenvalue weighted by molar-refractivity contribution is -0.147. The first-order valence-electron chi connectivity index (χ1n) is 7.24. The zero-order chi connectivity index (χ0) is 16.1. The van der Waals surface area contributed by atoms with Gasteiger partial charge in [0.05, 0.1) is 24.5 Å². The third kappa shape index (κ3) is 3.95. The molecule has 1 aromatic rings. The van der Waals surface area contributed by atoms with E-state index in [1.807, 2.05) is 0 Å². The van der Waals surface area contributed by atoms with Crippen molar-refractivity contribution in [2.45, 2.75) is 26.3 Å². The Morgan fingerprint density at radius 1 is 1.36 bits per heavy atom. The zero-order valence-electron chi connectivity index (χ0n) is 12.7. The average molecular weight is 328 g/mol. The number of carbonyl (C=O) groups excluding carboxylic acids is 2. The minimum Gasteiger partial charge on any atom is -0.469 e. The number of esters is 2. The molecular weight excluding hydrogens is 308 g/mol. The van der Waals surface area contributed by atoms with Crippen LogP contribution in [0.2, 0.25) is 0 Å². The quantitative estimate of drug-likeness (QED) is 0.811. The van der Waals surface area contributed by atoms with Crippen LogP contribution in [0.4, 0.5) is 0 Å². The fourth-order valence-electron chi connectivity index (χ4n) is 2.54. The number of rotatable bonds is 5. The van der Waals surface area contributed by atoms with Crippen molar-refractivity contribution in [2.75, 3.05) is 26.8 Å². The van der Waals surface area contributed by atoms with Crippen LogP contribution in [0.1, 0.15) is 35.1 Å². The molecule has 0 spiro atoms. The first-order chi connectivity index (χ1) is 10.5. The summed E-state index contributed by atoms with van der Waals surface area (Å²) < 4.78 is 9.71. The van der Waals surface area contributed by atoms with Crippen LogP contribution in [0.25, 0.3) is 0 Å². The Hall–Kier alpha value is -1.67. The first kappa shape index (κ1) is 16.7. The van der Waals surface area contributed by atoms with E-state index in [1.54, 1.807) is 6.92 Å². The normalized spacial score (nSPS) is 16.5. The van der Waals surface area contributed by atoms with E-state index in [1.165, 1.54) is 7.11 Å². The number of ether oxygens (including phenoxy) is 2. The van der Waals surface area contributed by atoms with Gasteiger partial charge in [-0.3, -0.25) is 14.5 Å². The molecule has 0 atom stereocenters. The number of thiazole rings is 1. The van der Waals surface area contributed by atoms with Gasteiger partial charge in [-0.15, -0.1) is 0 Å². The molecule has 1 fully saturated rings. The van der Waals surface area contributed by atoms with Crippen molar-refractivity contribution in [2.24, 2.45) is 5.92 Å². The number of aromatic nitrogens is 1. The topological polar surface area (TPSA) is 88.7 Å². The van der Waals surface area contributed by atoms with E-state index in [4.69, 9.17) is 9.47 Å². The van der Waals surface area contributed by atoms with E-state index in [0.717, 1.165) is 37.3 Å². The molecular formula is C14H20N2O5S. The Morgan fingerprint density at radius 3 is 2.64 bits per heavy atom. The maximum atomic E-state index is 11.8. The van der Waals surface area contributed by atoms with Crippen molar-refractivity contribution in [1.29, 1.82) is 0 Å². The third-order valence-corrected chi connectivity index (χ3v) is 4.56. The molecule has 1 N–H and O–H groups in total. The monoisotopic (exact) mass is 328 g/mol. The van der Waals surface area contributed by atoms with E-state index in [2.05, 4.69) is 9.88 Å². The van der Waals surface area contributed by atoms with Gasteiger partial charge in [0.2, 0.25) is 0 Å². The number of hydrogen-bond donors (Lipinski definition) is 1. The van der Waals surface area contributed by atoms with E-state index < -0.39 is 5.97 Å². The summed E-state index contributed by atoms with van der Waals surface area (Å²) in [6.07, 6.45) is 1.45. The van der Waals surface area contributed by atoms with Gasteiger partial charge >= 0.3 is 16.8 Å². The molecule has 0 bridgehead atoms. The highest BCUT2D eigenvalue weighted by Gasteiger charge is 2.27. The molecule has 1 aliphatic rings. The second kappa shape index (κ2) is 7.55. The fraction of sp³-hybridized carbons (Fsp3) is 0.643. The van der Waals surface area contributed by atoms with Crippen molar-refractivity contribution in [1.82, 2.24) is 9.88 Å². The van der Waals surface area contributed by atoms with Gasteiger partial charge in [0.25, 0.3) is 0 Å². The molecule has 8 heteroatoms. The second-order valence-electron chi connectivity index (χ2n) is 5.11. The predicted molar refractivity (Wildman–Crippen MR) is 80.9 cm³/mol. The van der Waals surface area contributed by atoms with Crippen LogP contribution in [0.15, 0.2) is 4.79 Å².